The van der Waals surface area contributed by atoms with E-state index < -0.39 is 0 Å². The van der Waals surface area contributed by atoms with E-state index in [0.717, 1.165) is 11.1 Å². The van der Waals surface area contributed by atoms with Gasteiger partial charge in [-0.15, -0.1) is 6.58 Å². The van der Waals surface area contributed by atoms with Crippen LogP contribution in [0.3, 0.4) is 0 Å². The molecule has 2 aromatic rings. The molecule has 1 aliphatic carbocycles. The molecule has 1 saturated heterocycles. The number of fused-ring (bicyclic) bond motifs is 1. The molecule has 4 heteroatoms. The van der Waals surface area contributed by atoms with Gasteiger partial charge >= 0.3 is 0 Å². The molecular formula is C25H25NO3. The van der Waals surface area contributed by atoms with Crippen LogP contribution in [0.1, 0.15) is 23.0 Å². The molecule has 0 spiro atoms. The van der Waals surface area contributed by atoms with E-state index >= 15 is 0 Å². The summed E-state index contributed by atoms with van der Waals surface area (Å²) >= 11 is 0. The smallest absolute Gasteiger partial charge is 0.234 e. The van der Waals surface area contributed by atoms with Crippen molar-refractivity contribution in [2.75, 3.05) is 19.8 Å². The Labute approximate surface area is 171 Å². The normalized spacial score (nSPS) is 25.9. The molecule has 2 amide bonds. The molecule has 148 valence electrons. The van der Waals surface area contributed by atoms with Crippen molar-refractivity contribution >= 4 is 11.8 Å². The number of hydrogen-bond donors (Lipinski definition) is 0. The van der Waals surface area contributed by atoms with E-state index in [1.807, 2.05) is 60.7 Å². The Morgan fingerprint density at radius 1 is 0.828 bits per heavy atom. The Bertz CT molecular complexity index is 839. The van der Waals surface area contributed by atoms with E-state index in [-0.39, 0.29) is 42.0 Å². The lowest BCUT2D eigenvalue weighted by atomic mass is 9.68. The van der Waals surface area contributed by atoms with Crippen LogP contribution in [-0.2, 0) is 14.3 Å². The van der Waals surface area contributed by atoms with Gasteiger partial charge in [-0.25, -0.2) is 0 Å². The van der Waals surface area contributed by atoms with Gasteiger partial charge in [0.15, 0.2) is 0 Å². The fraction of sp³-hybridized carbons (Fsp3) is 0.280. The summed E-state index contributed by atoms with van der Waals surface area (Å²) in [6.45, 7) is 4.63. The number of likely N-dealkylation sites (tertiary alicyclic amines) is 1. The summed E-state index contributed by atoms with van der Waals surface area (Å²) in [6.07, 6.45) is 5.88. The quantitative estimate of drug-likeness (QED) is 0.411. The van der Waals surface area contributed by atoms with Gasteiger partial charge < -0.3 is 4.74 Å². The minimum absolute atomic E-state index is 0.0960. The number of allylic oxidation sites excluding steroid dienone is 2. The topological polar surface area (TPSA) is 46.6 Å². The number of carbonyl (C=O) groups is 2. The molecule has 0 unspecified atom stereocenters. The van der Waals surface area contributed by atoms with Crippen molar-refractivity contribution in [3.05, 3.63) is 96.6 Å². The van der Waals surface area contributed by atoms with Crippen LogP contribution in [0.5, 0.6) is 0 Å². The van der Waals surface area contributed by atoms with Crippen LogP contribution >= 0.6 is 0 Å². The fourth-order valence-corrected chi connectivity index (χ4v) is 4.54. The highest BCUT2D eigenvalue weighted by Crippen LogP contribution is 2.49. The summed E-state index contributed by atoms with van der Waals surface area (Å²) in [7, 11) is 0. The third kappa shape index (κ3) is 3.68. The summed E-state index contributed by atoms with van der Waals surface area (Å²) in [5, 5.41) is 0. The van der Waals surface area contributed by atoms with Gasteiger partial charge in [-0.05, 0) is 11.1 Å². The van der Waals surface area contributed by atoms with Gasteiger partial charge in [0.05, 0.1) is 31.6 Å². The van der Waals surface area contributed by atoms with Gasteiger partial charge in [0, 0.05) is 11.8 Å². The van der Waals surface area contributed by atoms with Crippen molar-refractivity contribution in [3.8, 4) is 0 Å². The number of hydrogen-bond acceptors (Lipinski definition) is 3. The molecule has 0 aromatic heterocycles. The van der Waals surface area contributed by atoms with Crippen molar-refractivity contribution in [1.82, 2.24) is 4.90 Å². The van der Waals surface area contributed by atoms with Gasteiger partial charge in [-0.2, -0.15) is 0 Å². The third-order valence-electron chi connectivity index (χ3n) is 5.85. The maximum atomic E-state index is 13.4. The first-order valence-corrected chi connectivity index (χ1v) is 10.0. The highest BCUT2D eigenvalue weighted by molar-refractivity contribution is 6.06. The molecule has 1 heterocycles. The average molecular weight is 387 g/mol. The monoisotopic (exact) mass is 387 g/mol. The molecule has 2 aromatic carbocycles. The van der Waals surface area contributed by atoms with Crippen LogP contribution < -0.4 is 0 Å². The van der Waals surface area contributed by atoms with E-state index in [1.54, 1.807) is 6.08 Å². The van der Waals surface area contributed by atoms with Crippen molar-refractivity contribution in [1.29, 1.82) is 0 Å². The molecule has 1 fully saturated rings. The Morgan fingerprint density at radius 2 is 1.31 bits per heavy atom. The highest BCUT2D eigenvalue weighted by atomic mass is 16.5. The number of rotatable bonds is 7. The summed E-state index contributed by atoms with van der Waals surface area (Å²) in [5.74, 6) is -1.17. The lowest BCUT2D eigenvalue weighted by Crippen LogP contribution is -2.34. The Morgan fingerprint density at radius 3 is 1.76 bits per heavy atom. The second-order valence-corrected chi connectivity index (χ2v) is 7.50. The van der Waals surface area contributed by atoms with Crippen LogP contribution in [0.15, 0.2) is 85.5 Å². The van der Waals surface area contributed by atoms with Crippen LogP contribution in [0.25, 0.3) is 0 Å². The van der Waals surface area contributed by atoms with Crippen molar-refractivity contribution < 1.29 is 14.3 Å². The predicted octanol–water partition coefficient (Wildman–Crippen LogP) is 3.93. The summed E-state index contributed by atoms with van der Waals surface area (Å²) in [6, 6.07) is 20.0. The zero-order valence-electron chi connectivity index (χ0n) is 16.3. The van der Waals surface area contributed by atoms with Crippen LogP contribution in [0.4, 0.5) is 0 Å². The van der Waals surface area contributed by atoms with Gasteiger partial charge in [0.1, 0.15) is 0 Å². The van der Waals surface area contributed by atoms with Crippen molar-refractivity contribution in [2.24, 2.45) is 11.8 Å². The molecule has 29 heavy (non-hydrogen) atoms. The largest absolute Gasteiger partial charge is 0.376 e. The van der Waals surface area contributed by atoms with Crippen LogP contribution in [-0.4, -0.2) is 36.5 Å². The van der Waals surface area contributed by atoms with E-state index in [4.69, 9.17) is 4.74 Å². The molecule has 0 radical (unpaired) electrons. The molecule has 4 nitrogen and oxygen atoms in total. The number of carbonyl (C=O) groups excluding carboxylic acids is 2. The number of amides is 2. The van der Waals surface area contributed by atoms with Crippen LogP contribution in [0, 0.1) is 11.8 Å². The molecule has 4 rings (SSSR count). The maximum absolute atomic E-state index is 13.4. The van der Waals surface area contributed by atoms with Gasteiger partial charge in [-0.3, -0.25) is 14.5 Å². The highest BCUT2D eigenvalue weighted by Gasteiger charge is 2.54. The second kappa shape index (κ2) is 8.58. The minimum atomic E-state index is -0.389. The van der Waals surface area contributed by atoms with Crippen molar-refractivity contribution in [3.63, 3.8) is 0 Å². The number of ether oxygens (including phenoxy) is 1. The van der Waals surface area contributed by atoms with E-state index in [1.165, 1.54) is 4.90 Å². The minimum Gasteiger partial charge on any atom is -0.376 e. The molecule has 2 aliphatic rings. The fourth-order valence-electron chi connectivity index (χ4n) is 4.54. The molecule has 4 atom stereocenters. The number of nitrogens with zero attached hydrogens (tertiary/aromatic N) is 1. The molecule has 0 bridgehead atoms. The lowest BCUT2D eigenvalue weighted by Gasteiger charge is -2.32. The summed E-state index contributed by atoms with van der Waals surface area (Å²) < 4.78 is 5.44. The zero-order valence-corrected chi connectivity index (χ0v) is 16.3. The Balaban J connectivity index is 1.69. The molecule has 0 saturated carbocycles. The summed E-state index contributed by atoms with van der Waals surface area (Å²) in [5.41, 5.74) is 2.13. The Kier molecular flexibility index (Phi) is 5.72. The van der Waals surface area contributed by atoms with Gasteiger partial charge in [0.25, 0.3) is 0 Å². The first kappa shape index (κ1) is 19.3. The van der Waals surface area contributed by atoms with E-state index in [0.29, 0.717) is 13.2 Å². The standard InChI is InChI=1S/C25H25NO3/c1-2-16-29-17-15-26-24(27)22-20(18-9-5-3-6-10-18)13-14-21(23(22)25(26)28)19-11-7-4-8-12-19/h2-14,20-23H,1,15-17H2/t20-,21-,22-,23+/m1/s1. The van der Waals surface area contributed by atoms with E-state index in [2.05, 4.69) is 18.7 Å². The van der Waals surface area contributed by atoms with Crippen molar-refractivity contribution in [2.45, 2.75) is 11.8 Å². The first-order valence-electron chi connectivity index (χ1n) is 10.0. The van der Waals surface area contributed by atoms with Gasteiger partial charge in [-0.1, -0.05) is 78.9 Å². The SMILES string of the molecule is C=CCOCCN1C(=O)[C@@H]2[C@H](C1=O)[C@@H](c1ccccc1)C=C[C@@H]2c1ccccc1. The Hall–Kier alpha value is -2.98. The lowest BCUT2D eigenvalue weighted by molar-refractivity contribution is -0.140. The summed E-state index contributed by atoms with van der Waals surface area (Å²) in [4.78, 5) is 28.1. The van der Waals surface area contributed by atoms with Crippen LogP contribution in [0.2, 0.25) is 0 Å². The number of benzene rings is 2. The van der Waals surface area contributed by atoms with E-state index in [9.17, 15) is 9.59 Å². The first-order chi connectivity index (χ1) is 14.2. The average Bonchev–Trinajstić information content (AvgIpc) is 3.02. The second-order valence-electron chi connectivity index (χ2n) is 7.50. The molecular weight excluding hydrogens is 362 g/mol. The maximum Gasteiger partial charge on any atom is 0.234 e. The third-order valence-corrected chi connectivity index (χ3v) is 5.85. The zero-order chi connectivity index (χ0) is 20.2. The number of imide groups is 1. The molecule has 0 N–H and O–H groups in total. The van der Waals surface area contributed by atoms with Gasteiger partial charge in [0.2, 0.25) is 11.8 Å². The predicted molar refractivity (Wildman–Crippen MR) is 112 cm³/mol. The molecule has 1 aliphatic heterocycles.